The molecule has 1 aromatic heterocycles. The molecule has 0 amide bonds. The van der Waals surface area contributed by atoms with Gasteiger partial charge in [-0.25, -0.2) is 0 Å². The highest BCUT2D eigenvalue weighted by Gasteiger charge is 2.06. The van der Waals surface area contributed by atoms with E-state index in [0.29, 0.717) is 6.04 Å². The second-order valence-electron chi connectivity index (χ2n) is 5.22. The minimum atomic E-state index is 0.599. The number of hydrogen-bond acceptors (Lipinski definition) is 2. The van der Waals surface area contributed by atoms with Crippen LogP contribution in [0.25, 0.3) is 0 Å². The van der Waals surface area contributed by atoms with Gasteiger partial charge in [-0.2, -0.15) is 5.10 Å². The number of hydrogen-bond donors (Lipinski definition) is 1. The third-order valence-electron chi connectivity index (χ3n) is 3.41. The predicted octanol–water partition coefficient (Wildman–Crippen LogP) is 3.66. The van der Waals surface area contributed by atoms with Crippen molar-refractivity contribution in [2.45, 2.75) is 78.9 Å². The third kappa shape index (κ3) is 5.21. The van der Waals surface area contributed by atoms with Crippen LogP contribution in [0.2, 0.25) is 0 Å². The molecule has 0 saturated heterocycles. The molecule has 0 aromatic carbocycles. The number of nitrogens with zero attached hydrogens (tertiary/aromatic N) is 2. The summed E-state index contributed by atoms with van der Waals surface area (Å²) < 4.78 is 2.09. The fraction of sp³-hybridized carbons (Fsp3) is 0.800. The highest BCUT2D eigenvalue weighted by molar-refractivity contribution is 5.08. The van der Waals surface area contributed by atoms with Gasteiger partial charge in [0.05, 0.1) is 11.4 Å². The Hall–Kier alpha value is -0.830. The Morgan fingerprint density at radius 3 is 2.72 bits per heavy atom. The number of unbranched alkanes of at least 4 members (excludes halogenated alkanes) is 3. The Labute approximate surface area is 112 Å². The molecule has 3 heteroatoms. The van der Waals surface area contributed by atoms with E-state index in [1.165, 1.54) is 37.8 Å². The lowest BCUT2D eigenvalue weighted by Gasteiger charge is -2.14. The number of aryl methyl sites for hydroxylation is 2. The van der Waals surface area contributed by atoms with Crippen LogP contribution in [-0.4, -0.2) is 15.8 Å². The summed E-state index contributed by atoms with van der Waals surface area (Å²) in [5, 5.41) is 8.07. The lowest BCUT2D eigenvalue weighted by atomic mass is 10.1. The van der Waals surface area contributed by atoms with Gasteiger partial charge in [-0.3, -0.25) is 4.68 Å². The number of rotatable bonds is 9. The van der Waals surface area contributed by atoms with Crippen LogP contribution >= 0.6 is 0 Å². The molecule has 104 valence electrons. The molecule has 1 aromatic rings. The summed E-state index contributed by atoms with van der Waals surface area (Å²) >= 11 is 0. The summed E-state index contributed by atoms with van der Waals surface area (Å²) in [6.07, 6.45) is 6.67. The van der Waals surface area contributed by atoms with Gasteiger partial charge in [0, 0.05) is 19.1 Å². The van der Waals surface area contributed by atoms with Gasteiger partial charge in [0.15, 0.2) is 0 Å². The molecule has 0 fully saturated rings. The van der Waals surface area contributed by atoms with Gasteiger partial charge in [0.25, 0.3) is 0 Å². The van der Waals surface area contributed by atoms with Gasteiger partial charge in [-0.15, -0.1) is 0 Å². The van der Waals surface area contributed by atoms with Crippen LogP contribution in [0.4, 0.5) is 0 Å². The first-order valence-corrected chi connectivity index (χ1v) is 7.44. The molecular formula is C15H29N3. The van der Waals surface area contributed by atoms with Crippen LogP contribution in [0.5, 0.6) is 0 Å². The van der Waals surface area contributed by atoms with E-state index in [9.17, 15) is 0 Å². The lowest BCUT2D eigenvalue weighted by molar-refractivity contribution is 0.468. The fourth-order valence-electron chi connectivity index (χ4n) is 2.27. The molecule has 1 atom stereocenters. The van der Waals surface area contributed by atoms with Gasteiger partial charge in [0.1, 0.15) is 0 Å². The minimum absolute atomic E-state index is 0.599. The van der Waals surface area contributed by atoms with Crippen molar-refractivity contribution in [3.63, 3.8) is 0 Å². The van der Waals surface area contributed by atoms with Crippen molar-refractivity contribution >= 4 is 0 Å². The van der Waals surface area contributed by atoms with Crippen molar-refractivity contribution in [2.24, 2.45) is 0 Å². The molecule has 0 aliphatic heterocycles. The molecule has 0 aliphatic carbocycles. The van der Waals surface area contributed by atoms with Crippen LogP contribution in [0.3, 0.4) is 0 Å². The molecule has 1 unspecified atom stereocenters. The second-order valence-corrected chi connectivity index (χ2v) is 5.22. The second kappa shape index (κ2) is 8.30. The Kier molecular flexibility index (Phi) is 7.02. The molecule has 0 bridgehead atoms. The Morgan fingerprint density at radius 1 is 1.28 bits per heavy atom. The molecule has 0 saturated carbocycles. The molecule has 3 nitrogen and oxygen atoms in total. The average Bonchev–Trinajstić information content (AvgIpc) is 2.72. The van der Waals surface area contributed by atoms with Gasteiger partial charge in [-0.05, 0) is 33.3 Å². The fourth-order valence-corrected chi connectivity index (χ4v) is 2.27. The highest BCUT2D eigenvalue weighted by Crippen LogP contribution is 2.07. The first-order valence-electron chi connectivity index (χ1n) is 7.44. The van der Waals surface area contributed by atoms with Crippen LogP contribution in [0.1, 0.15) is 64.3 Å². The molecule has 0 spiro atoms. The maximum atomic E-state index is 4.47. The normalized spacial score (nSPS) is 12.9. The molecular weight excluding hydrogens is 222 g/mol. The summed E-state index contributed by atoms with van der Waals surface area (Å²) in [5.74, 6) is 0. The monoisotopic (exact) mass is 251 g/mol. The lowest BCUT2D eigenvalue weighted by Crippen LogP contribution is -2.26. The Morgan fingerprint density at radius 2 is 2.06 bits per heavy atom. The molecule has 18 heavy (non-hydrogen) atoms. The maximum absolute atomic E-state index is 4.47. The summed E-state index contributed by atoms with van der Waals surface area (Å²) in [6.45, 7) is 10.6. The zero-order valence-electron chi connectivity index (χ0n) is 12.5. The average molecular weight is 251 g/mol. The van der Waals surface area contributed by atoms with Crippen molar-refractivity contribution < 1.29 is 0 Å². The highest BCUT2D eigenvalue weighted by atomic mass is 15.3. The van der Waals surface area contributed by atoms with Crippen molar-refractivity contribution in [3.8, 4) is 0 Å². The standard InChI is InChI=1S/C15H29N3/c1-5-7-8-9-10-13(3)16-12-15-11-14(4)17-18(15)6-2/h11,13,16H,5-10,12H2,1-4H3. The third-order valence-corrected chi connectivity index (χ3v) is 3.41. The van der Waals surface area contributed by atoms with E-state index in [-0.39, 0.29) is 0 Å². The molecule has 0 radical (unpaired) electrons. The Bertz CT molecular complexity index is 330. The first kappa shape index (κ1) is 15.2. The molecule has 1 rings (SSSR count). The summed E-state index contributed by atoms with van der Waals surface area (Å²) in [5.41, 5.74) is 2.42. The molecule has 0 aliphatic rings. The van der Waals surface area contributed by atoms with Crippen molar-refractivity contribution in [3.05, 3.63) is 17.5 Å². The minimum Gasteiger partial charge on any atom is -0.309 e. The van der Waals surface area contributed by atoms with E-state index in [0.717, 1.165) is 18.8 Å². The van der Waals surface area contributed by atoms with E-state index in [1.807, 2.05) is 0 Å². The van der Waals surface area contributed by atoms with Crippen LogP contribution in [0.15, 0.2) is 6.07 Å². The molecule has 1 N–H and O–H groups in total. The van der Waals surface area contributed by atoms with Crippen LogP contribution < -0.4 is 5.32 Å². The quantitative estimate of drug-likeness (QED) is 0.679. The van der Waals surface area contributed by atoms with E-state index in [4.69, 9.17) is 0 Å². The van der Waals surface area contributed by atoms with Crippen molar-refractivity contribution in [1.29, 1.82) is 0 Å². The molecule has 1 heterocycles. The Balaban J connectivity index is 2.26. The largest absolute Gasteiger partial charge is 0.309 e. The number of nitrogens with one attached hydrogen (secondary N) is 1. The smallest absolute Gasteiger partial charge is 0.0597 e. The van der Waals surface area contributed by atoms with Crippen LogP contribution in [0, 0.1) is 6.92 Å². The zero-order chi connectivity index (χ0) is 13.4. The van der Waals surface area contributed by atoms with E-state index in [2.05, 4.69) is 48.9 Å². The zero-order valence-corrected chi connectivity index (χ0v) is 12.5. The summed E-state index contributed by atoms with van der Waals surface area (Å²) in [4.78, 5) is 0. The van der Waals surface area contributed by atoms with Gasteiger partial charge in [-0.1, -0.05) is 32.6 Å². The number of aromatic nitrogens is 2. The van der Waals surface area contributed by atoms with Crippen molar-refractivity contribution in [2.75, 3.05) is 0 Å². The van der Waals surface area contributed by atoms with E-state index < -0.39 is 0 Å². The predicted molar refractivity (Wildman–Crippen MR) is 77.7 cm³/mol. The van der Waals surface area contributed by atoms with E-state index in [1.54, 1.807) is 0 Å². The summed E-state index contributed by atoms with van der Waals surface area (Å²) in [6, 6.07) is 2.78. The van der Waals surface area contributed by atoms with Gasteiger partial charge >= 0.3 is 0 Å². The summed E-state index contributed by atoms with van der Waals surface area (Å²) in [7, 11) is 0. The van der Waals surface area contributed by atoms with Gasteiger partial charge in [0.2, 0.25) is 0 Å². The van der Waals surface area contributed by atoms with Crippen LogP contribution in [-0.2, 0) is 13.1 Å². The maximum Gasteiger partial charge on any atom is 0.0597 e. The topological polar surface area (TPSA) is 29.9 Å². The first-order chi connectivity index (χ1) is 8.67. The van der Waals surface area contributed by atoms with Gasteiger partial charge < -0.3 is 5.32 Å². The van der Waals surface area contributed by atoms with Crippen molar-refractivity contribution in [1.82, 2.24) is 15.1 Å². The van der Waals surface area contributed by atoms with E-state index >= 15 is 0 Å². The SMILES string of the molecule is CCCCCCC(C)NCc1cc(C)nn1CC.